The molecule has 0 spiro atoms. The van der Waals surface area contributed by atoms with Crippen LogP contribution in [0.3, 0.4) is 0 Å². The summed E-state index contributed by atoms with van der Waals surface area (Å²) in [6, 6.07) is 9.69. The number of benzene rings is 1. The molecule has 106 valence electrons. The fourth-order valence-electron chi connectivity index (χ4n) is 1.75. The Bertz CT molecular complexity index is 539. The van der Waals surface area contributed by atoms with Crippen LogP contribution in [-0.4, -0.2) is 24.2 Å². The van der Waals surface area contributed by atoms with Gasteiger partial charge in [-0.3, -0.25) is 0 Å². The van der Waals surface area contributed by atoms with Gasteiger partial charge in [-0.2, -0.15) is 0 Å². The fourth-order valence-corrected chi connectivity index (χ4v) is 2.55. The number of rotatable bonds is 7. The van der Waals surface area contributed by atoms with Crippen LogP contribution in [0.4, 0.5) is 0 Å². The zero-order chi connectivity index (χ0) is 14.2. The van der Waals surface area contributed by atoms with Gasteiger partial charge in [0.15, 0.2) is 5.69 Å². The number of hydrogen-bond acceptors (Lipinski definition) is 5. The zero-order valence-electron chi connectivity index (χ0n) is 11.4. The first-order valence-corrected chi connectivity index (χ1v) is 7.46. The first-order valence-electron chi connectivity index (χ1n) is 6.58. The molecule has 0 fully saturated rings. The van der Waals surface area contributed by atoms with Crippen molar-refractivity contribution in [1.29, 1.82) is 0 Å². The molecule has 0 radical (unpaired) electrons. The van der Waals surface area contributed by atoms with Gasteiger partial charge in [-0.1, -0.05) is 18.2 Å². The largest absolute Gasteiger partial charge is 0.494 e. The number of carbonyl (C=O) groups excluding carboxylic acids is 1. The molecule has 0 unspecified atom stereocenters. The Hall–Kier alpha value is -1.88. The number of carbonyl (C=O) groups is 1. The number of para-hydroxylation sites is 1. The molecule has 5 heteroatoms. The van der Waals surface area contributed by atoms with Crippen LogP contribution in [0.1, 0.15) is 28.7 Å². The second-order valence-electron chi connectivity index (χ2n) is 4.11. The maximum Gasteiger partial charge on any atom is 0.358 e. The summed E-state index contributed by atoms with van der Waals surface area (Å²) in [4.78, 5) is 16.7. The molecule has 0 saturated carbocycles. The van der Waals surface area contributed by atoms with Gasteiger partial charge in [0.05, 0.1) is 18.7 Å². The van der Waals surface area contributed by atoms with E-state index in [0.717, 1.165) is 23.5 Å². The minimum atomic E-state index is -0.340. The number of thiazole rings is 1. The minimum absolute atomic E-state index is 0.340. The van der Waals surface area contributed by atoms with Crippen LogP contribution in [0.25, 0.3) is 0 Å². The summed E-state index contributed by atoms with van der Waals surface area (Å²) in [5.41, 5.74) is 2.12. The predicted molar refractivity (Wildman–Crippen MR) is 78.3 cm³/mol. The summed E-state index contributed by atoms with van der Waals surface area (Å²) in [6.45, 7) is 2.77. The van der Waals surface area contributed by atoms with E-state index in [9.17, 15) is 4.79 Å². The highest BCUT2D eigenvalue weighted by molar-refractivity contribution is 7.09. The average molecular weight is 291 g/mol. The summed E-state index contributed by atoms with van der Waals surface area (Å²) >= 11 is 1.48. The van der Waals surface area contributed by atoms with E-state index in [1.807, 2.05) is 30.3 Å². The third-order valence-corrected chi connectivity index (χ3v) is 3.56. The van der Waals surface area contributed by atoms with E-state index in [1.54, 1.807) is 12.4 Å². The fraction of sp³-hybridized carbons (Fsp3) is 0.333. The van der Waals surface area contributed by atoms with Gasteiger partial charge in [0.2, 0.25) is 0 Å². The quantitative estimate of drug-likeness (QED) is 0.580. The lowest BCUT2D eigenvalue weighted by Gasteiger charge is -2.05. The van der Waals surface area contributed by atoms with Gasteiger partial charge < -0.3 is 9.47 Å². The molecule has 1 aromatic heterocycles. The number of aryl methyl sites for hydroxylation is 1. The first kappa shape index (κ1) is 14.5. The highest BCUT2D eigenvalue weighted by atomic mass is 32.1. The molecule has 20 heavy (non-hydrogen) atoms. The minimum Gasteiger partial charge on any atom is -0.494 e. The van der Waals surface area contributed by atoms with Crippen LogP contribution >= 0.6 is 11.3 Å². The maximum atomic E-state index is 11.7. The predicted octanol–water partition coefficient (Wildman–Crippen LogP) is 3.33. The Morgan fingerprint density at radius 1 is 1.30 bits per heavy atom. The summed E-state index contributed by atoms with van der Waals surface area (Å²) in [7, 11) is 0. The maximum absolute atomic E-state index is 11.7. The van der Waals surface area contributed by atoms with Crippen LogP contribution in [0, 0.1) is 0 Å². The van der Waals surface area contributed by atoms with Crippen LogP contribution in [-0.2, 0) is 11.2 Å². The second kappa shape index (κ2) is 7.65. The molecular weight excluding hydrogens is 274 g/mol. The molecule has 2 aromatic rings. The molecule has 0 aliphatic rings. The molecule has 0 atom stereocenters. The van der Waals surface area contributed by atoms with Crippen molar-refractivity contribution in [2.45, 2.75) is 19.8 Å². The SMILES string of the molecule is CCOC(=O)c1ncsc1CCCOc1ccccc1. The lowest BCUT2D eigenvalue weighted by Crippen LogP contribution is -2.08. The topological polar surface area (TPSA) is 48.4 Å². The van der Waals surface area contributed by atoms with Gasteiger partial charge in [0.1, 0.15) is 5.75 Å². The number of nitrogens with zero attached hydrogens (tertiary/aromatic N) is 1. The van der Waals surface area contributed by atoms with E-state index in [0.29, 0.717) is 18.9 Å². The normalized spacial score (nSPS) is 10.2. The van der Waals surface area contributed by atoms with Gasteiger partial charge in [0.25, 0.3) is 0 Å². The van der Waals surface area contributed by atoms with Crippen LogP contribution in [0.15, 0.2) is 35.8 Å². The van der Waals surface area contributed by atoms with Crippen LogP contribution < -0.4 is 4.74 Å². The highest BCUT2D eigenvalue weighted by Crippen LogP contribution is 2.17. The molecule has 0 bridgehead atoms. The van der Waals surface area contributed by atoms with Gasteiger partial charge in [-0.25, -0.2) is 9.78 Å². The standard InChI is InChI=1S/C15H17NO3S/c1-2-18-15(17)14-13(20-11-16-14)9-6-10-19-12-7-4-3-5-8-12/h3-5,7-8,11H,2,6,9-10H2,1H3. The van der Waals surface area contributed by atoms with Gasteiger partial charge >= 0.3 is 5.97 Å². The van der Waals surface area contributed by atoms with Crippen LogP contribution in [0.5, 0.6) is 5.75 Å². The molecule has 0 N–H and O–H groups in total. The van der Waals surface area contributed by atoms with E-state index >= 15 is 0 Å². The van der Waals surface area contributed by atoms with Crippen molar-refractivity contribution in [2.75, 3.05) is 13.2 Å². The monoisotopic (exact) mass is 291 g/mol. The molecule has 0 aliphatic heterocycles. The molecule has 4 nitrogen and oxygen atoms in total. The Morgan fingerprint density at radius 3 is 2.85 bits per heavy atom. The van der Waals surface area contributed by atoms with Crippen molar-refractivity contribution in [1.82, 2.24) is 4.98 Å². The Kier molecular flexibility index (Phi) is 5.55. The summed E-state index contributed by atoms with van der Waals surface area (Å²) in [6.07, 6.45) is 1.61. The zero-order valence-corrected chi connectivity index (χ0v) is 12.2. The van der Waals surface area contributed by atoms with Crippen molar-refractivity contribution in [3.63, 3.8) is 0 Å². The number of esters is 1. The molecule has 0 amide bonds. The van der Waals surface area contributed by atoms with E-state index in [-0.39, 0.29) is 5.97 Å². The summed E-state index contributed by atoms with van der Waals surface area (Å²) in [5, 5.41) is 0. The lowest BCUT2D eigenvalue weighted by atomic mass is 10.2. The van der Waals surface area contributed by atoms with Gasteiger partial charge in [-0.15, -0.1) is 11.3 Å². The molecule has 1 heterocycles. The van der Waals surface area contributed by atoms with Crippen molar-refractivity contribution in [2.24, 2.45) is 0 Å². The van der Waals surface area contributed by atoms with Crippen molar-refractivity contribution in [3.05, 3.63) is 46.4 Å². The number of aromatic nitrogens is 1. The van der Waals surface area contributed by atoms with Crippen molar-refractivity contribution >= 4 is 17.3 Å². The number of hydrogen-bond donors (Lipinski definition) is 0. The van der Waals surface area contributed by atoms with Gasteiger partial charge in [0, 0.05) is 4.88 Å². The molecule has 0 aliphatic carbocycles. The van der Waals surface area contributed by atoms with Crippen LogP contribution in [0.2, 0.25) is 0 Å². The molecule has 1 aromatic carbocycles. The van der Waals surface area contributed by atoms with E-state index in [4.69, 9.17) is 9.47 Å². The Labute approximate surface area is 122 Å². The van der Waals surface area contributed by atoms with E-state index in [2.05, 4.69) is 4.98 Å². The third kappa shape index (κ3) is 4.06. The first-order chi connectivity index (χ1) is 9.81. The van der Waals surface area contributed by atoms with Crippen molar-refractivity contribution < 1.29 is 14.3 Å². The number of ether oxygens (including phenoxy) is 2. The molecule has 2 rings (SSSR count). The second-order valence-corrected chi connectivity index (χ2v) is 5.05. The van der Waals surface area contributed by atoms with Crippen molar-refractivity contribution in [3.8, 4) is 5.75 Å². The Balaban J connectivity index is 1.80. The lowest BCUT2D eigenvalue weighted by molar-refractivity contribution is 0.0519. The third-order valence-electron chi connectivity index (χ3n) is 2.67. The average Bonchev–Trinajstić information content (AvgIpc) is 2.93. The van der Waals surface area contributed by atoms with E-state index in [1.165, 1.54) is 11.3 Å². The van der Waals surface area contributed by atoms with Gasteiger partial charge in [-0.05, 0) is 31.9 Å². The van der Waals surface area contributed by atoms with E-state index < -0.39 is 0 Å². The highest BCUT2D eigenvalue weighted by Gasteiger charge is 2.15. The summed E-state index contributed by atoms with van der Waals surface area (Å²) in [5.74, 6) is 0.523. The summed E-state index contributed by atoms with van der Waals surface area (Å²) < 4.78 is 10.6. The molecular formula is C15H17NO3S. The smallest absolute Gasteiger partial charge is 0.358 e. The Morgan fingerprint density at radius 2 is 2.10 bits per heavy atom. The molecule has 0 saturated heterocycles.